The van der Waals surface area contributed by atoms with Crippen LogP contribution in [0.5, 0.6) is 0 Å². The van der Waals surface area contributed by atoms with Crippen molar-refractivity contribution in [3.8, 4) is 0 Å². The van der Waals surface area contributed by atoms with Crippen LogP contribution in [0.4, 0.5) is 0 Å². The molecule has 1 aromatic rings. The smallest absolute Gasteiger partial charge is 0.223 e. The van der Waals surface area contributed by atoms with Gasteiger partial charge in [0, 0.05) is 30.6 Å². The third-order valence-electron chi connectivity index (χ3n) is 5.61. The first kappa shape index (κ1) is 21.3. The molecule has 0 bridgehead atoms. The lowest BCUT2D eigenvalue weighted by atomic mass is 9.96. The summed E-state index contributed by atoms with van der Waals surface area (Å²) in [6.45, 7) is 1.48. The summed E-state index contributed by atoms with van der Waals surface area (Å²) >= 11 is 5.86. The number of nitrogens with zero attached hydrogens (tertiary/aromatic N) is 1. The first-order valence-electron chi connectivity index (χ1n) is 10.1. The van der Waals surface area contributed by atoms with E-state index in [1.807, 2.05) is 0 Å². The Hall–Kier alpha value is -1.37. The van der Waals surface area contributed by atoms with Crippen molar-refractivity contribution in [1.82, 2.24) is 9.62 Å². The Morgan fingerprint density at radius 2 is 1.86 bits per heavy atom. The standard InChI is InChI=1S/C21H29ClN2O3S/c22-20-8-6-18(7-9-20)16-28(26,27)24-14-11-19(12-15-24)21(25)23-13-10-17-4-2-1-3-5-17/h4,6-9,19H,1-3,5,10-16H2,(H,23,25). The number of piperidine rings is 1. The summed E-state index contributed by atoms with van der Waals surface area (Å²) in [5.74, 6) is -0.0654. The average molecular weight is 425 g/mol. The van der Waals surface area contributed by atoms with Crippen LogP contribution >= 0.6 is 11.6 Å². The van der Waals surface area contributed by atoms with Crippen LogP contribution < -0.4 is 5.32 Å². The molecule has 0 radical (unpaired) electrons. The van der Waals surface area contributed by atoms with Crippen molar-refractivity contribution < 1.29 is 13.2 Å². The number of amides is 1. The summed E-state index contributed by atoms with van der Waals surface area (Å²) in [5, 5.41) is 3.63. The lowest BCUT2D eigenvalue weighted by Crippen LogP contribution is -2.43. The molecule has 3 rings (SSSR count). The van der Waals surface area contributed by atoms with Gasteiger partial charge in [-0.15, -0.1) is 0 Å². The molecule has 154 valence electrons. The third-order valence-corrected chi connectivity index (χ3v) is 7.71. The molecule has 0 saturated carbocycles. The molecule has 28 heavy (non-hydrogen) atoms. The Kier molecular flexibility index (Phi) is 7.55. The maximum absolute atomic E-state index is 12.6. The van der Waals surface area contributed by atoms with E-state index in [4.69, 9.17) is 11.6 Å². The van der Waals surface area contributed by atoms with Crippen molar-refractivity contribution in [2.24, 2.45) is 5.92 Å². The second-order valence-electron chi connectivity index (χ2n) is 7.71. The van der Waals surface area contributed by atoms with Crippen LogP contribution in [0.2, 0.25) is 5.02 Å². The Balaban J connectivity index is 1.43. The van der Waals surface area contributed by atoms with Gasteiger partial charge in [0.05, 0.1) is 5.75 Å². The second-order valence-corrected chi connectivity index (χ2v) is 10.1. The molecule has 0 atom stereocenters. The van der Waals surface area contributed by atoms with Crippen LogP contribution in [0.25, 0.3) is 0 Å². The summed E-state index contributed by atoms with van der Waals surface area (Å²) in [6, 6.07) is 6.88. The zero-order valence-electron chi connectivity index (χ0n) is 16.2. The van der Waals surface area contributed by atoms with Crippen molar-refractivity contribution in [2.45, 2.75) is 50.7 Å². The molecule has 1 fully saturated rings. The molecule has 1 aliphatic carbocycles. The molecule has 1 amide bonds. The van der Waals surface area contributed by atoms with E-state index in [9.17, 15) is 13.2 Å². The molecule has 1 saturated heterocycles. The van der Waals surface area contributed by atoms with Gasteiger partial charge in [0.25, 0.3) is 0 Å². The zero-order valence-corrected chi connectivity index (χ0v) is 17.8. The SMILES string of the molecule is O=C(NCCC1=CCCCC1)C1CCN(S(=O)(=O)Cc2ccc(Cl)cc2)CC1. The second kappa shape index (κ2) is 9.90. The molecular weight excluding hydrogens is 396 g/mol. The number of carbonyl (C=O) groups excluding carboxylic acids is 1. The van der Waals surface area contributed by atoms with Crippen molar-refractivity contribution >= 4 is 27.5 Å². The largest absolute Gasteiger partial charge is 0.356 e. The van der Waals surface area contributed by atoms with Gasteiger partial charge in [0.15, 0.2) is 0 Å². The molecule has 2 aliphatic rings. The maximum Gasteiger partial charge on any atom is 0.223 e. The van der Waals surface area contributed by atoms with Gasteiger partial charge >= 0.3 is 0 Å². The van der Waals surface area contributed by atoms with Crippen LogP contribution in [0.15, 0.2) is 35.9 Å². The van der Waals surface area contributed by atoms with Crippen molar-refractivity contribution in [1.29, 1.82) is 0 Å². The van der Waals surface area contributed by atoms with Gasteiger partial charge in [-0.2, -0.15) is 0 Å². The van der Waals surface area contributed by atoms with E-state index in [2.05, 4.69) is 11.4 Å². The van der Waals surface area contributed by atoms with E-state index >= 15 is 0 Å². The lowest BCUT2D eigenvalue weighted by molar-refractivity contribution is -0.126. The normalized spacial score (nSPS) is 19.2. The minimum Gasteiger partial charge on any atom is -0.356 e. The molecule has 0 aromatic heterocycles. The highest BCUT2D eigenvalue weighted by Crippen LogP contribution is 2.23. The van der Waals surface area contributed by atoms with E-state index in [1.165, 1.54) is 22.7 Å². The van der Waals surface area contributed by atoms with Crippen molar-refractivity contribution in [3.63, 3.8) is 0 Å². The van der Waals surface area contributed by atoms with E-state index in [-0.39, 0.29) is 17.6 Å². The van der Waals surface area contributed by atoms with E-state index in [1.54, 1.807) is 24.3 Å². The molecule has 1 aromatic carbocycles. The van der Waals surface area contributed by atoms with Crippen LogP contribution in [-0.2, 0) is 20.6 Å². The van der Waals surface area contributed by atoms with Crippen LogP contribution in [-0.4, -0.2) is 38.3 Å². The van der Waals surface area contributed by atoms with Gasteiger partial charge in [-0.05, 0) is 62.6 Å². The lowest BCUT2D eigenvalue weighted by Gasteiger charge is -2.30. The summed E-state index contributed by atoms with van der Waals surface area (Å²) in [5.41, 5.74) is 2.18. The fraction of sp³-hybridized carbons (Fsp3) is 0.571. The number of carbonyl (C=O) groups is 1. The summed E-state index contributed by atoms with van der Waals surface area (Å²) in [7, 11) is -3.38. The summed E-state index contributed by atoms with van der Waals surface area (Å²) in [4.78, 5) is 12.4. The predicted octanol–water partition coefficient (Wildman–Crippen LogP) is 3.89. The third kappa shape index (κ3) is 6.06. The Bertz CT molecular complexity index is 797. The van der Waals surface area contributed by atoms with E-state index in [0.29, 0.717) is 37.5 Å². The van der Waals surface area contributed by atoms with Gasteiger partial charge in [-0.25, -0.2) is 12.7 Å². The molecule has 1 N–H and O–H groups in total. The highest BCUT2D eigenvalue weighted by Gasteiger charge is 2.31. The Morgan fingerprint density at radius 1 is 1.14 bits per heavy atom. The van der Waals surface area contributed by atoms with Gasteiger partial charge in [0.2, 0.25) is 15.9 Å². The number of hydrogen-bond donors (Lipinski definition) is 1. The van der Waals surface area contributed by atoms with Gasteiger partial charge in [-0.1, -0.05) is 35.4 Å². The van der Waals surface area contributed by atoms with Gasteiger partial charge in [-0.3, -0.25) is 4.79 Å². The number of halogens is 1. The number of rotatable bonds is 7. The number of sulfonamides is 1. The zero-order chi connectivity index (χ0) is 20.0. The fourth-order valence-corrected chi connectivity index (χ4v) is 5.59. The monoisotopic (exact) mass is 424 g/mol. The summed E-state index contributed by atoms with van der Waals surface area (Å²) in [6.07, 6.45) is 9.23. The van der Waals surface area contributed by atoms with E-state index in [0.717, 1.165) is 24.8 Å². The number of nitrogens with one attached hydrogen (secondary N) is 1. The van der Waals surface area contributed by atoms with Crippen molar-refractivity contribution in [3.05, 3.63) is 46.5 Å². The molecule has 1 aliphatic heterocycles. The fourth-order valence-electron chi connectivity index (χ4n) is 3.90. The maximum atomic E-state index is 12.6. The van der Waals surface area contributed by atoms with Gasteiger partial charge in [0.1, 0.15) is 0 Å². The van der Waals surface area contributed by atoms with Crippen LogP contribution in [0, 0.1) is 5.92 Å². The minimum atomic E-state index is -3.38. The summed E-state index contributed by atoms with van der Waals surface area (Å²) < 4.78 is 26.8. The number of benzene rings is 1. The number of hydrogen-bond acceptors (Lipinski definition) is 3. The van der Waals surface area contributed by atoms with E-state index < -0.39 is 10.0 Å². The average Bonchev–Trinajstić information content (AvgIpc) is 2.70. The highest BCUT2D eigenvalue weighted by molar-refractivity contribution is 7.88. The molecule has 5 nitrogen and oxygen atoms in total. The molecular formula is C21H29ClN2O3S. The molecule has 0 spiro atoms. The molecule has 0 unspecified atom stereocenters. The minimum absolute atomic E-state index is 0.0316. The first-order valence-corrected chi connectivity index (χ1v) is 12.1. The Labute approximate surface area is 173 Å². The topological polar surface area (TPSA) is 66.5 Å². The van der Waals surface area contributed by atoms with Crippen LogP contribution in [0.1, 0.15) is 50.5 Å². The highest BCUT2D eigenvalue weighted by atomic mass is 35.5. The van der Waals surface area contributed by atoms with Crippen molar-refractivity contribution in [2.75, 3.05) is 19.6 Å². The number of allylic oxidation sites excluding steroid dienone is 1. The van der Waals surface area contributed by atoms with Crippen LogP contribution in [0.3, 0.4) is 0 Å². The predicted molar refractivity (Wildman–Crippen MR) is 113 cm³/mol. The Morgan fingerprint density at radius 3 is 2.50 bits per heavy atom. The molecule has 1 heterocycles. The molecule has 7 heteroatoms. The first-order chi connectivity index (χ1) is 13.4. The van der Waals surface area contributed by atoms with Gasteiger partial charge < -0.3 is 5.32 Å². The quantitative estimate of drug-likeness (QED) is 0.675.